The molecule has 0 amide bonds. The molecule has 1 fully saturated rings. The molecule has 0 aliphatic heterocycles. The van der Waals surface area contributed by atoms with Gasteiger partial charge in [0.25, 0.3) is 0 Å². The van der Waals surface area contributed by atoms with E-state index >= 15 is 0 Å². The molecule has 2 rings (SSSR count). The van der Waals surface area contributed by atoms with Crippen LogP contribution >= 0.6 is 24.0 Å². The van der Waals surface area contributed by atoms with Crippen molar-refractivity contribution in [2.75, 3.05) is 32.8 Å². The van der Waals surface area contributed by atoms with Crippen LogP contribution < -0.4 is 15.8 Å². The molecule has 0 aromatic heterocycles. The Hall–Kier alpha value is -0.910. The third-order valence-electron chi connectivity index (χ3n) is 5.52. The van der Waals surface area contributed by atoms with Gasteiger partial charge in [-0.1, -0.05) is 25.0 Å². The van der Waals surface area contributed by atoms with Gasteiger partial charge in [0.1, 0.15) is 0 Å². The van der Waals surface area contributed by atoms with E-state index in [4.69, 9.17) is 14.9 Å². The molecule has 1 saturated carbocycles. The number of hydrogen-bond donors (Lipinski definition) is 3. The van der Waals surface area contributed by atoms with Gasteiger partial charge in [0.2, 0.25) is 10.0 Å². The topological polar surface area (TPSA) is 106 Å². The molecule has 1 aliphatic carbocycles. The van der Waals surface area contributed by atoms with Crippen LogP contribution in [0.5, 0.6) is 0 Å². The number of guanidine groups is 1. The lowest BCUT2D eigenvalue weighted by Crippen LogP contribution is -2.39. The maximum Gasteiger partial charge on any atom is 0.238 e. The second-order valence-corrected chi connectivity index (χ2v) is 9.28. The molecular formula is C21H37IN4O3S. The van der Waals surface area contributed by atoms with Crippen LogP contribution in [-0.2, 0) is 21.2 Å². The van der Waals surface area contributed by atoms with E-state index in [1.165, 1.54) is 25.7 Å². The number of rotatable bonds is 11. The molecule has 1 aromatic rings. The summed E-state index contributed by atoms with van der Waals surface area (Å²) in [5.41, 5.74) is 1.31. The van der Waals surface area contributed by atoms with E-state index in [-0.39, 0.29) is 34.3 Å². The van der Waals surface area contributed by atoms with E-state index < -0.39 is 10.0 Å². The van der Waals surface area contributed by atoms with Gasteiger partial charge in [-0.25, -0.2) is 13.6 Å². The number of hydrogen-bond acceptors (Lipinski definition) is 4. The third-order valence-corrected chi connectivity index (χ3v) is 6.45. The van der Waals surface area contributed by atoms with Gasteiger partial charge in [-0.05, 0) is 62.6 Å². The van der Waals surface area contributed by atoms with Crippen LogP contribution in [0.15, 0.2) is 34.2 Å². The third kappa shape index (κ3) is 9.07. The van der Waals surface area contributed by atoms with Gasteiger partial charge in [-0.2, -0.15) is 0 Å². The highest BCUT2D eigenvalue weighted by Gasteiger charge is 2.33. The molecule has 0 radical (unpaired) electrons. The van der Waals surface area contributed by atoms with Gasteiger partial charge in [-0.15, -0.1) is 24.0 Å². The van der Waals surface area contributed by atoms with Crippen molar-refractivity contribution < 1.29 is 13.2 Å². The first kappa shape index (κ1) is 27.1. The van der Waals surface area contributed by atoms with Gasteiger partial charge >= 0.3 is 0 Å². The Morgan fingerprint density at radius 1 is 1.17 bits per heavy atom. The van der Waals surface area contributed by atoms with Crippen LogP contribution in [0.1, 0.15) is 51.5 Å². The summed E-state index contributed by atoms with van der Waals surface area (Å²) in [6, 6.07) is 6.69. The fourth-order valence-electron chi connectivity index (χ4n) is 3.80. The zero-order valence-electron chi connectivity index (χ0n) is 18.2. The highest BCUT2D eigenvalue weighted by atomic mass is 127. The molecule has 7 nitrogen and oxygen atoms in total. The fraction of sp³-hybridized carbons (Fsp3) is 0.667. The van der Waals surface area contributed by atoms with Crippen molar-refractivity contribution in [1.29, 1.82) is 0 Å². The molecule has 0 heterocycles. The zero-order valence-corrected chi connectivity index (χ0v) is 21.3. The van der Waals surface area contributed by atoms with Crippen LogP contribution in [-0.4, -0.2) is 47.2 Å². The number of halogens is 1. The molecule has 9 heteroatoms. The molecule has 0 spiro atoms. The SMILES string of the molecule is CCNC(=NCC1(CCOCC)CCCC1)NCCc1ccc(S(N)(=O)=O)cc1.I. The maximum absolute atomic E-state index is 11.3. The number of sulfonamides is 1. The average Bonchev–Trinajstić information content (AvgIpc) is 3.15. The Bertz CT molecular complexity index is 748. The smallest absolute Gasteiger partial charge is 0.238 e. The fourth-order valence-corrected chi connectivity index (χ4v) is 4.32. The Kier molecular flexibility index (Phi) is 12.2. The number of benzene rings is 1. The molecule has 30 heavy (non-hydrogen) atoms. The summed E-state index contributed by atoms with van der Waals surface area (Å²) in [5, 5.41) is 11.8. The number of ether oxygens (including phenoxy) is 1. The van der Waals surface area contributed by atoms with Crippen LogP contribution in [0.2, 0.25) is 0 Å². The van der Waals surface area contributed by atoms with Gasteiger partial charge in [0, 0.05) is 32.8 Å². The second-order valence-electron chi connectivity index (χ2n) is 7.71. The summed E-state index contributed by atoms with van der Waals surface area (Å²) in [6.07, 6.45) is 6.84. The minimum atomic E-state index is -3.64. The lowest BCUT2D eigenvalue weighted by molar-refractivity contribution is 0.107. The Morgan fingerprint density at radius 2 is 1.83 bits per heavy atom. The molecule has 1 aromatic carbocycles. The van der Waals surface area contributed by atoms with Crippen LogP contribution in [0.25, 0.3) is 0 Å². The summed E-state index contributed by atoms with van der Waals surface area (Å²) in [6.45, 7) is 8.01. The summed E-state index contributed by atoms with van der Waals surface area (Å²) in [5.74, 6) is 0.830. The summed E-state index contributed by atoms with van der Waals surface area (Å²) in [7, 11) is -3.64. The van der Waals surface area contributed by atoms with Crippen LogP contribution in [0.3, 0.4) is 0 Å². The van der Waals surface area contributed by atoms with Gasteiger partial charge in [0.05, 0.1) is 4.90 Å². The molecule has 172 valence electrons. The second kappa shape index (κ2) is 13.5. The minimum absolute atomic E-state index is 0. The van der Waals surface area contributed by atoms with Crippen molar-refractivity contribution in [1.82, 2.24) is 10.6 Å². The van der Waals surface area contributed by atoms with Gasteiger partial charge in [-0.3, -0.25) is 4.99 Å². The predicted octanol–water partition coefficient (Wildman–Crippen LogP) is 3.04. The molecule has 0 bridgehead atoms. The van der Waals surface area contributed by atoms with Crippen LogP contribution in [0.4, 0.5) is 0 Å². The number of nitrogens with one attached hydrogen (secondary N) is 2. The number of nitrogens with zero attached hydrogens (tertiary/aromatic N) is 1. The maximum atomic E-state index is 11.3. The molecule has 0 saturated heterocycles. The highest BCUT2D eigenvalue weighted by Crippen LogP contribution is 2.41. The van der Waals surface area contributed by atoms with Crippen LogP contribution in [0, 0.1) is 5.41 Å². The lowest BCUT2D eigenvalue weighted by atomic mass is 9.83. The normalized spacial score (nSPS) is 16.2. The van der Waals surface area contributed by atoms with E-state index in [2.05, 4.69) is 17.6 Å². The van der Waals surface area contributed by atoms with Gasteiger partial charge < -0.3 is 15.4 Å². The first-order chi connectivity index (χ1) is 13.9. The average molecular weight is 553 g/mol. The molecule has 0 unspecified atom stereocenters. The largest absolute Gasteiger partial charge is 0.382 e. The number of nitrogens with two attached hydrogens (primary N) is 1. The van der Waals surface area contributed by atoms with Crippen molar-refractivity contribution in [2.45, 2.75) is 57.3 Å². The Labute approximate surface area is 198 Å². The summed E-state index contributed by atoms with van der Waals surface area (Å²) < 4.78 is 28.3. The van der Waals surface area contributed by atoms with Crippen molar-refractivity contribution >= 4 is 40.0 Å². The van der Waals surface area contributed by atoms with E-state index in [9.17, 15) is 8.42 Å². The van der Waals surface area contributed by atoms with E-state index in [1.54, 1.807) is 24.3 Å². The summed E-state index contributed by atoms with van der Waals surface area (Å²) >= 11 is 0. The number of primary sulfonamides is 1. The first-order valence-corrected chi connectivity index (χ1v) is 12.1. The van der Waals surface area contributed by atoms with E-state index in [1.807, 2.05) is 6.92 Å². The summed E-state index contributed by atoms with van der Waals surface area (Å²) in [4.78, 5) is 5.00. The van der Waals surface area contributed by atoms with Crippen molar-refractivity contribution in [3.63, 3.8) is 0 Å². The molecule has 1 aliphatic rings. The minimum Gasteiger partial charge on any atom is -0.382 e. The zero-order chi connectivity index (χ0) is 21.2. The molecule has 0 atom stereocenters. The van der Waals surface area contributed by atoms with Crippen molar-refractivity contribution in [3.05, 3.63) is 29.8 Å². The Balaban J connectivity index is 0.00000450. The standard InChI is InChI=1S/C21H36N4O3S.HI/c1-3-23-20(25-17-21(12-5-6-13-21)14-16-28-4-2)24-15-11-18-7-9-19(10-8-18)29(22,26)27;/h7-10H,3-6,11-17H2,1-2H3,(H2,22,26,27)(H2,23,24,25);1H. The lowest BCUT2D eigenvalue weighted by Gasteiger charge is -2.27. The monoisotopic (exact) mass is 552 g/mol. The van der Waals surface area contributed by atoms with E-state index in [0.29, 0.717) is 6.54 Å². The first-order valence-electron chi connectivity index (χ1n) is 10.6. The quantitative estimate of drug-likeness (QED) is 0.169. The highest BCUT2D eigenvalue weighted by molar-refractivity contribution is 14.0. The van der Waals surface area contributed by atoms with Crippen molar-refractivity contribution in [3.8, 4) is 0 Å². The van der Waals surface area contributed by atoms with E-state index in [0.717, 1.165) is 50.7 Å². The number of aliphatic imine (C=N–C) groups is 1. The van der Waals surface area contributed by atoms with Gasteiger partial charge in [0.15, 0.2) is 5.96 Å². The predicted molar refractivity (Wildman–Crippen MR) is 133 cm³/mol. The van der Waals surface area contributed by atoms with Crippen molar-refractivity contribution in [2.24, 2.45) is 15.5 Å². The molecule has 4 N–H and O–H groups in total. The molecular weight excluding hydrogens is 515 g/mol. The Morgan fingerprint density at radius 3 is 2.40 bits per heavy atom.